The molecule has 0 spiro atoms. The Kier molecular flexibility index (Phi) is 5.78. The van der Waals surface area contributed by atoms with Crippen LogP contribution in [0.15, 0.2) is 30.3 Å². The number of hydrogen-bond acceptors (Lipinski definition) is 4. The van der Waals surface area contributed by atoms with Crippen molar-refractivity contribution in [1.82, 2.24) is 14.7 Å². The molecular formula is C22H29N3O3. The maximum Gasteiger partial charge on any atom is 0.223 e. The van der Waals surface area contributed by atoms with E-state index in [2.05, 4.69) is 19.1 Å². The Balaban J connectivity index is 1.59. The molecule has 2 fully saturated rings. The van der Waals surface area contributed by atoms with Crippen LogP contribution >= 0.6 is 0 Å². The number of carbonyl (C=O) groups is 1. The predicted octanol–water partition coefficient (Wildman–Crippen LogP) is 3.21. The highest BCUT2D eigenvalue weighted by molar-refractivity contribution is 5.77. The molecule has 2 aliphatic heterocycles. The summed E-state index contributed by atoms with van der Waals surface area (Å²) >= 11 is 0. The molecule has 1 amide bonds. The third-order valence-electron chi connectivity index (χ3n) is 5.93. The number of carbonyl (C=O) groups excluding carboxylic acids is 1. The van der Waals surface area contributed by atoms with Crippen molar-refractivity contribution in [1.29, 1.82) is 0 Å². The Labute approximate surface area is 166 Å². The average Bonchev–Trinajstić information content (AvgIpc) is 3.03. The van der Waals surface area contributed by atoms with Crippen molar-refractivity contribution >= 4 is 5.91 Å². The first-order chi connectivity index (χ1) is 13.6. The fourth-order valence-electron chi connectivity index (χ4n) is 4.41. The normalized spacial score (nSPS) is 21.1. The minimum atomic E-state index is -0.0708. The van der Waals surface area contributed by atoms with Gasteiger partial charge in [-0.1, -0.05) is 18.2 Å². The molecule has 0 radical (unpaired) electrons. The maximum atomic E-state index is 13.2. The molecule has 2 aromatic rings. The number of hydrogen-bond donors (Lipinski definition) is 0. The van der Waals surface area contributed by atoms with Crippen molar-refractivity contribution in [3.63, 3.8) is 0 Å². The molecule has 1 aromatic carbocycles. The summed E-state index contributed by atoms with van der Waals surface area (Å²) in [6, 6.07) is 10.1. The number of aromatic nitrogens is 2. The molecule has 0 saturated carbocycles. The summed E-state index contributed by atoms with van der Waals surface area (Å²) < 4.78 is 13.2. The van der Waals surface area contributed by atoms with E-state index in [1.165, 1.54) is 0 Å². The Morgan fingerprint density at radius 3 is 2.61 bits per heavy atom. The average molecular weight is 383 g/mol. The molecule has 2 aliphatic rings. The Morgan fingerprint density at radius 1 is 1.11 bits per heavy atom. The van der Waals surface area contributed by atoms with Crippen molar-refractivity contribution in [2.75, 3.05) is 33.0 Å². The molecule has 2 saturated heterocycles. The van der Waals surface area contributed by atoms with Gasteiger partial charge in [0.05, 0.1) is 30.6 Å². The first-order valence-corrected chi connectivity index (χ1v) is 10.2. The van der Waals surface area contributed by atoms with Gasteiger partial charge in [0.1, 0.15) is 0 Å². The van der Waals surface area contributed by atoms with Gasteiger partial charge in [-0.15, -0.1) is 0 Å². The summed E-state index contributed by atoms with van der Waals surface area (Å²) in [5.41, 5.74) is 4.18. The van der Waals surface area contributed by atoms with Gasteiger partial charge < -0.3 is 14.4 Å². The summed E-state index contributed by atoms with van der Waals surface area (Å²) in [6.45, 7) is 7.42. The lowest BCUT2D eigenvalue weighted by Crippen LogP contribution is -2.44. The number of benzene rings is 1. The number of rotatable bonds is 4. The predicted molar refractivity (Wildman–Crippen MR) is 106 cm³/mol. The minimum absolute atomic E-state index is 0.0708. The maximum absolute atomic E-state index is 13.2. The zero-order valence-corrected chi connectivity index (χ0v) is 16.8. The number of aryl methyl sites for hydroxylation is 1. The van der Waals surface area contributed by atoms with Crippen molar-refractivity contribution in [2.24, 2.45) is 5.92 Å². The number of ether oxygens (including phenoxy) is 2. The molecule has 0 aliphatic carbocycles. The second-order valence-electron chi connectivity index (χ2n) is 7.77. The molecule has 0 unspecified atom stereocenters. The summed E-state index contributed by atoms with van der Waals surface area (Å²) in [6.07, 6.45) is 2.56. The van der Waals surface area contributed by atoms with Crippen LogP contribution in [0.1, 0.15) is 42.3 Å². The van der Waals surface area contributed by atoms with Crippen molar-refractivity contribution in [2.45, 2.75) is 39.2 Å². The largest absolute Gasteiger partial charge is 0.381 e. The molecule has 1 atom stereocenters. The fraction of sp³-hybridized carbons (Fsp3) is 0.545. The van der Waals surface area contributed by atoms with Crippen molar-refractivity contribution in [3.05, 3.63) is 47.3 Å². The zero-order chi connectivity index (χ0) is 19.5. The second kappa shape index (κ2) is 8.45. The third-order valence-corrected chi connectivity index (χ3v) is 5.93. The van der Waals surface area contributed by atoms with Crippen LogP contribution in [0.25, 0.3) is 5.69 Å². The van der Waals surface area contributed by atoms with Gasteiger partial charge in [-0.2, -0.15) is 5.10 Å². The molecular weight excluding hydrogens is 354 g/mol. The highest BCUT2D eigenvalue weighted by Gasteiger charge is 2.33. The Bertz CT molecular complexity index is 812. The summed E-state index contributed by atoms with van der Waals surface area (Å²) in [5.74, 6) is 0.658. The SMILES string of the molecule is Cc1nn(-c2ccccc2)c(C)c1[C@@H]1COCCN1C(=O)CC1CCOCC1. The van der Waals surface area contributed by atoms with Gasteiger partial charge in [0.25, 0.3) is 0 Å². The fourth-order valence-corrected chi connectivity index (χ4v) is 4.41. The lowest BCUT2D eigenvalue weighted by Gasteiger charge is -2.37. The first kappa shape index (κ1) is 19.2. The highest BCUT2D eigenvalue weighted by Crippen LogP contribution is 2.32. The number of para-hydroxylation sites is 1. The molecule has 0 bridgehead atoms. The van der Waals surface area contributed by atoms with Crippen LogP contribution in [-0.4, -0.2) is 53.6 Å². The molecule has 1 aromatic heterocycles. The first-order valence-electron chi connectivity index (χ1n) is 10.2. The number of morpholine rings is 1. The van der Waals surface area contributed by atoms with Crippen LogP contribution < -0.4 is 0 Å². The van der Waals surface area contributed by atoms with Gasteiger partial charge in [0, 0.05) is 37.4 Å². The molecule has 4 rings (SSSR count). The topological polar surface area (TPSA) is 56.6 Å². The van der Waals surface area contributed by atoms with E-state index < -0.39 is 0 Å². The molecule has 0 N–H and O–H groups in total. The van der Waals surface area contributed by atoms with Gasteiger partial charge in [-0.05, 0) is 44.7 Å². The van der Waals surface area contributed by atoms with Gasteiger partial charge >= 0.3 is 0 Å². The van der Waals surface area contributed by atoms with Crippen LogP contribution in [0.3, 0.4) is 0 Å². The van der Waals surface area contributed by atoms with Crippen LogP contribution in [0, 0.1) is 19.8 Å². The van der Waals surface area contributed by atoms with Crippen molar-refractivity contribution in [3.8, 4) is 5.69 Å². The standard InChI is InChI=1S/C22H29N3O3/c1-16-22(17(2)25(23-16)19-6-4-3-5-7-19)20-15-28-13-10-24(20)21(26)14-18-8-11-27-12-9-18/h3-7,18,20H,8-15H2,1-2H3/t20-/m0/s1. The van der Waals surface area contributed by atoms with E-state index in [0.717, 1.165) is 48.7 Å². The summed E-state index contributed by atoms with van der Waals surface area (Å²) in [7, 11) is 0. The van der Waals surface area contributed by atoms with E-state index in [0.29, 0.717) is 32.1 Å². The van der Waals surface area contributed by atoms with E-state index in [1.54, 1.807) is 0 Å². The van der Waals surface area contributed by atoms with Gasteiger partial charge in [0.15, 0.2) is 0 Å². The quantitative estimate of drug-likeness (QED) is 0.814. The monoisotopic (exact) mass is 383 g/mol. The smallest absolute Gasteiger partial charge is 0.223 e. The summed E-state index contributed by atoms with van der Waals surface area (Å²) in [4.78, 5) is 15.2. The van der Waals surface area contributed by atoms with Gasteiger partial charge in [-0.25, -0.2) is 4.68 Å². The Morgan fingerprint density at radius 2 is 1.86 bits per heavy atom. The van der Waals surface area contributed by atoms with E-state index in [9.17, 15) is 4.79 Å². The highest BCUT2D eigenvalue weighted by atomic mass is 16.5. The molecule has 6 nitrogen and oxygen atoms in total. The van der Waals surface area contributed by atoms with Gasteiger partial charge in [-0.3, -0.25) is 4.79 Å². The lowest BCUT2D eigenvalue weighted by atomic mass is 9.94. The third kappa shape index (κ3) is 3.84. The zero-order valence-electron chi connectivity index (χ0n) is 16.8. The van der Waals surface area contributed by atoms with E-state index in [1.807, 2.05) is 34.7 Å². The molecule has 3 heterocycles. The van der Waals surface area contributed by atoms with E-state index >= 15 is 0 Å². The lowest BCUT2D eigenvalue weighted by molar-refractivity contribution is -0.142. The van der Waals surface area contributed by atoms with Crippen LogP contribution in [0.5, 0.6) is 0 Å². The van der Waals surface area contributed by atoms with Crippen molar-refractivity contribution < 1.29 is 14.3 Å². The van der Waals surface area contributed by atoms with E-state index in [4.69, 9.17) is 14.6 Å². The number of nitrogens with zero attached hydrogens (tertiary/aromatic N) is 3. The van der Waals surface area contributed by atoms with Crippen LogP contribution in [-0.2, 0) is 14.3 Å². The van der Waals surface area contributed by atoms with Crippen LogP contribution in [0.4, 0.5) is 0 Å². The minimum Gasteiger partial charge on any atom is -0.381 e. The van der Waals surface area contributed by atoms with E-state index in [-0.39, 0.29) is 11.9 Å². The second-order valence-corrected chi connectivity index (χ2v) is 7.77. The van der Waals surface area contributed by atoms with Crippen LogP contribution in [0.2, 0.25) is 0 Å². The summed E-state index contributed by atoms with van der Waals surface area (Å²) in [5, 5.41) is 4.77. The Hall–Kier alpha value is -2.18. The molecule has 150 valence electrons. The molecule has 28 heavy (non-hydrogen) atoms. The number of amides is 1. The molecule has 6 heteroatoms. The van der Waals surface area contributed by atoms with Gasteiger partial charge in [0.2, 0.25) is 5.91 Å².